The zero-order chi connectivity index (χ0) is 26.5. The molecular formula is C29H32ClN5O3. The molecule has 3 N–H and O–H groups in total. The molecule has 1 aliphatic rings. The molecule has 0 unspecified atom stereocenters. The maximum Gasteiger partial charge on any atom is 0.257 e. The van der Waals surface area contributed by atoms with Crippen molar-refractivity contribution in [2.45, 2.75) is 25.4 Å². The smallest absolute Gasteiger partial charge is 0.257 e. The molecule has 4 aromatic rings. The molecule has 0 atom stereocenters. The summed E-state index contributed by atoms with van der Waals surface area (Å²) in [6, 6.07) is 20.1. The normalized spacial score (nSPS) is 14.4. The second-order valence-electron chi connectivity index (χ2n) is 9.43. The van der Waals surface area contributed by atoms with E-state index in [2.05, 4.69) is 32.7 Å². The van der Waals surface area contributed by atoms with Crippen LogP contribution < -0.4 is 20.1 Å². The second kappa shape index (κ2) is 11.8. The van der Waals surface area contributed by atoms with Crippen LogP contribution in [0.2, 0.25) is 5.02 Å². The highest BCUT2D eigenvalue weighted by molar-refractivity contribution is 6.35. The van der Waals surface area contributed by atoms with Crippen molar-refractivity contribution < 1.29 is 14.3 Å². The van der Waals surface area contributed by atoms with Crippen molar-refractivity contribution >= 4 is 34.2 Å². The van der Waals surface area contributed by atoms with Crippen molar-refractivity contribution in [3.05, 3.63) is 71.2 Å². The molecule has 0 bridgehead atoms. The number of amides is 1. The van der Waals surface area contributed by atoms with E-state index in [0.29, 0.717) is 16.8 Å². The molecule has 3 aromatic carbocycles. The summed E-state index contributed by atoms with van der Waals surface area (Å²) in [5, 5.41) is 6.88. The molecule has 1 aromatic heterocycles. The maximum atomic E-state index is 11.4. The molecule has 1 aliphatic heterocycles. The van der Waals surface area contributed by atoms with Gasteiger partial charge in [0.05, 0.1) is 23.3 Å². The first-order valence-electron chi connectivity index (χ1n) is 12.8. The van der Waals surface area contributed by atoms with Gasteiger partial charge >= 0.3 is 0 Å². The number of rotatable bonds is 9. The average molecular weight is 534 g/mol. The quantitative estimate of drug-likeness (QED) is 0.277. The number of benzene rings is 3. The van der Waals surface area contributed by atoms with Crippen LogP contribution in [-0.4, -0.2) is 60.7 Å². The number of nitrogens with one attached hydrogen (secondary N) is 3. The van der Waals surface area contributed by atoms with Gasteiger partial charge in [-0.15, -0.1) is 0 Å². The molecule has 38 heavy (non-hydrogen) atoms. The van der Waals surface area contributed by atoms with Gasteiger partial charge in [-0.2, -0.15) is 0 Å². The number of methoxy groups -OCH3 is 1. The number of carbonyl (C=O) groups is 1. The van der Waals surface area contributed by atoms with Gasteiger partial charge in [-0.3, -0.25) is 9.69 Å². The van der Waals surface area contributed by atoms with E-state index in [4.69, 9.17) is 26.1 Å². The van der Waals surface area contributed by atoms with Gasteiger partial charge in [0.15, 0.2) is 6.61 Å². The number of likely N-dealkylation sites (N-methyl/N-ethyl adjacent to an activating group) is 1. The first-order valence-corrected chi connectivity index (χ1v) is 13.1. The molecule has 0 aliphatic carbocycles. The van der Waals surface area contributed by atoms with E-state index >= 15 is 0 Å². The van der Waals surface area contributed by atoms with Gasteiger partial charge in [0, 0.05) is 38.3 Å². The lowest BCUT2D eigenvalue weighted by Crippen LogP contribution is -2.38. The number of anilines is 1. The predicted octanol–water partition coefficient (Wildman–Crippen LogP) is 5.09. The highest BCUT2D eigenvalue weighted by Gasteiger charge is 2.21. The Morgan fingerprint density at radius 1 is 1.05 bits per heavy atom. The van der Waals surface area contributed by atoms with Crippen LogP contribution in [0, 0.1) is 0 Å². The third kappa shape index (κ3) is 6.03. The molecule has 0 spiro atoms. The Bertz CT molecular complexity index is 1380. The summed E-state index contributed by atoms with van der Waals surface area (Å²) >= 11 is 6.53. The Kier molecular flexibility index (Phi) is 8.00. The third-order valence-electron chi connectivity index (χ3n) is 6.88. The van der Waals surface area contributed by atoms with E-state index in [-0.39, 0.29) is 12.5 Å². The fourth-order valence-corrected chi connectivity index (χ4v) is 4.89. The van der Waals surface area contributed by atoms with Crippen molar-refractivity contribution in [1.82, 2.24) is 20.2 Å². The SMILES string of the molecule is CNC(=O)COc1ccc(-c2nc3c(NC4CCN(Cc5ccc(OC)cc5)CC4)ccc(Cl)c3[nH]2)cc1. The fraction of sp³-hybridized carbons (Fsp3) is 0.310. The summed E-state index contributed by atoms with van der Waals surface area (Å²) in [5.41, 5.74) is 4.82. The van der Waals surface area contributed by atoms with E-state index in [1.807, 2.05) is 48.5 Å². The number of fused-ring (bicyclic) bond motifs is 1. The first-order chi connectivity index (χ1) is 18.5. The maximum absolute atomic E-state index is 11.4. The third-order valence-corrected chi connectivity index (χ3v) is 7.20. The molecule has 2 heterocycles. The van der Waals surface area contributed by atoms with E-state index in [0.717, 1.165) is 66.3 Å². The van der Waals surface area contributed by atoms with Gasteiger partial charge in [0.2, 0.25) is 0 Å². The van der Waals surface area contributed by atoms with Crippen LogP contribution in [0.25, 0.3) is 22.4 Å². The monoisotopic (exact) mass is 533 g/mol. The lowest BCUT2D eigenvalue weighted by atomic mass is 10.0. The standard InChI is InChI=1S/C29H32ClN5O3/c1-31-26(36)18-38-23-9-5-20(6-10-23)29-33-27-24(30)11-12-25(28(27)34-29)32-21-13-15-35(16-14-21)17-19-3-7-22(37-2)8-4-19/h3-12,21,32H,13-18H2,1-2H3,(H,31,36)(H,33,34). The van der Waals surface area contributed by atoms with Gasteiger partial charge in [0.1, 0.15) is 22.8 Å². The molecule has 1 amide bonds. The van der Waals surface area contributed by atoms with Gasteiger partial charge in [-0.05, 0) is 66.9 Å². The number of hydrogen-bond acceptors (Lipinski definition) is 6. The van der Waals surface area contributed by atoms with Crippen molar-refractivity contribution in [3.63, 3.8) is 0 Å². The van der Waals surface area contributed by atoms with Gasteiger partial charge in [0.25, 0.3) is 5.91 Å². The topological polar surface area (TPSA) is 91.5 Å². The molecule has 9 heteroatoms. The Labute approximate surface area is 227 Å². The lowest BCUT2D eigenvalue weighted by molar-refractivity contribution is -0.122. The second-order valence-corrected chi connectivity index (χ2v) is 9.84. The van der Waals surface area contributed by atoms with Gasteiger partial charge in [-0.25, -0.2) is 4.98 Å². The summed E-state index contributed by atoms with van der Waals surface area (Å²) in [7, 11) is 3.27. The highest BCUT2D eigenvalue weighted by Crippen LogP contribution is 2.32. The van der Waals surface area contributed by atoms with Crippen molar-refractivity contribution in [3.8, 4) is 22.9 Å². The fourth-order valence-electron chi connectivity index (χ4n) is 4.69. The minimum absolute atomic E-state index is 0.0223. The van der Waals surface area contributed by atoms with Crippen LogP contribution in [0.5, 0.6) is 11.5 Å². The largest absolute Gasteiger partial charge is 0.497 e. The van der Waals surface area contributed by atoms with E-state index in [9.17, 15) is 4.79 Å². The highest BCUT2D eigenvalue weighted by atomic mass is 35.5. The van der Waals surface area contributed by atoms with Crippen LogP contribution in [0.1, 0.15) is 18.4 Å². The number of imidazole rings is 1. The van der Waals surface area contributed by atoms with Gasteiger partial charge in [-0.1, -0.05) is 23.7 Å². The lowest BCUT2D eigenvalue weighted by Gasteiger charge is -2.33. The predicted molar refractivity (Wildman–Crippen MR) is 151 cm³/mol. The number of H-pyrrole nitrogens is 1. The summed E-state index contributed by atoms with van der Waals surface area (Å²) in [6.07, 6.45) is 2.10. The molecule has 198 valence electrons. The number of piperidine rings is 1. The minimum atomic E-state index is -0.177. The van der Waals surface area contributed by atoms with Gasteiger partial charge < -0.3 is 25.1 Å². The summed E-state index contributed by atoms with van der Waals surface area (Å²) < 4.78 is 10.8. The molecule has 0 saturated carbocycles. The molecule has 8 nitrogen and oxygen atoms in total. The number of aromatic amines is 1. The number of nitrogens with zero attached hydrogens (tertiary/aromatic N) is 2. The molecule has 5 rings (SSSR count). The first kappa shape index (κ1) is 25.9. The zero-order valence-electron chi connectivity index (χ0n) is 21.6. The number of carbonyl (C=O) groups excluding carboxylic acids is 1. The zero-order valence-corrected chi connectivity index (χ0v) is 22.3. The minimum Gasteiger partial charge on any atom is -0.497 e. The van der Waals surface area contributed by atoms with E-state index in [1.54, 1.807) is 14.2 Å². The van der Waals surface area contributed by atoms with Crippen molar-refractivity contribution in [1.29, 1.82) is 0 Å². The Morgan fingerprint density at radius 2 is 1.76 bits per heavy atom. The number of halogens is 1. The van der Waals surface area contributed by atoms with Crippen LogP contribution in [0.15, 0.2) is 60.7 Å². The Morgan fingerprint density at radius 3 is 2.45 bits per heavy atom. The number of aromatic nitrogens is 2. The Balaban J connectivity index is 1.23. The van der Waals surface area contributed by atoms with Crippen LogP contribution in [0.3, 0.4) is 0 Å². The average Bonchev–Trinajstić information content (AvgIpc) is 3.42. The Hall–Kier alpha value is -3.75. The number of likely N-dealkylation sites (tertiary alicyclic amines) is 1. The molecular weight excluding hydrogens is 502 g/mol. The van der Waals surface area contributed by atoms with Crippen molar-refractivity contribution in [2.24, 2.45) is 0 Å². The summed E-state index contributed by atoms with van der Waals surface area (Å²) in [4.78, 5) is 22.2. The number of hydrogen-bond donors (Lipinski definition) is 3. The van der Waals surface area contributed by atoms with E-state index in [1.165, 1.54) is 5.56 Å². The summed E-state index contributed by atoms with van der Waals surface area (Å²) in [5.74, 6) is 2.05. The molecule has 1 saturated heterocycles. The van der Waals surface area contributed by atoms with Crippen molar-refractivity contribution in [2.75, 3.05) is 39.2 Å². The number of ether oxygens (including phenoxy) is 2. The van der Waals surface area contributed by atoms with Crippen LogP contribution in [-0.2, 0) is 11.3 Å². The molecule has 0 radical (unpaired) electrons. The van der Waals surface area contributed by atoms with E-state index < -0.39 is 0 Å². The summed E-state index contributed by atoms with van der Waals surface area (Å²) in [6.45, 7) is 2.98. The van der Waals surface area contributed by atoms with Crippen LogP contribution >= 0.6 is 11.6 Å². The molecule has 1 fully saturated rings. The van der Waals surface area contributed by atoms with Crippen LogP contribution in [0.4, 0.5) is 5.69 Å².